The van der Waals surface area contributed by atoms with Crippen LogP contribution in [0.1, 0.15) is 48.7 Å². The van der Waals surface area contributed by atoms with Crippen molar-refractivity contribution in [1.82, 2.24) is 9.80 Å². The molecular formula is C26H32N2O4. The van der Waals surface area contributed by atoms with E-state index in [4.69, 9.17) is 9.47 Å². The van der Waals surface area contributed by atoms with Gasteiger partial charge in [-0.1, -0.05) is 30.3 Å². The van der Waals surface area contributed by atoms with Crippen LogP contribution in [-0.2, 0) is 17.7 Å². The molecule has 170 valence electrons. The highest BCUT2D eigenvalue weighted by Crippen LogP contribution is 2.38. The molecule has 32 heavy (non-hydrogen) atoms. The van der Waals surface area contributed by atoms with Crippen LogP contribution in [0.2, 0.25) is 0 Å². The zero-order valence-corrected chi connectivity index (χ0v) is 19.4. The van der Waals surface area contributed by atoms with E-state index in [9.17, 15) is 9.59 Å². The van der Waals surface area contributed by atoms with Crippen molar-refractivity contribution in [3.8, 4) is 5.75 Å². The lowest BCUT2D eigenvalue weighted by Crippen LogP contribution is -2.67. The molecule has 0 N–H and O–H groups in total. The number of amides is 1. The van der Waals surface area contributed by atoms with E-state index in [1.807, 2.05) is 57.2 Å². The Balaban J connectivity index is 1.68. The standard InChI is InChI=1S/C26H32N2O4/c1-25(2,3)32-24(30)27-14-15-28(17-19-8-6-5-7-9-19)26(18-27)13-12-20-16-21(31-4)10-11-22(20)23(26)29/h5-11,16H,12-15,17-18H2,1-4H3. The number of carbonyl (C=O) groups excluding carboxylic acids is 2. The Kier molecular flexibility index (Phi) is 5.99. The van der Waals surface area contributed by atoms with Crippen molar-refractivity contribution in [3.63, 3.8) is 0 Å². The Bertz CT molecular complexity index is 999. The van der Waals surface area contributed by atoms with E-state index in [1.165, 1.54) is 0 Å². The first-order valence-corrected chi connectivity index (χ1v) is 11.2. The molecule has 1 unspecified atom stereocenters. The summed E-state index contributed by atoms with van der Waals surface area (Å²) in [7, 11) is 1.63. The molecule has 2 aromatic rings. The molecule has 1 spiro atoms. The molecule has 0 saturated carbocycles. The summed E-state index contributed by atoms with van der Waals surface area (Å²) in [5, 5.41) is 0. The van der Waals surface area contributed by atoms with E-state index in [2.05, 4.69) is 17.0 Å². The van der Waals surface area contributed by atoms with Gasteiger partial charge in [-0.15, -0.1) is 0 Å². The molecule has 0 bridgehead atoms. The second-order valence-corrected chi connectivity index (χ2v) is 9.69. The fraction of sp³-hybridized carbons (Fsp3) is 0.462. The van der Waals surface area contributed by atoms with E-state index in [0.29, 0.717) is 32.6 Å². The molecule has 1 aliphatic heterocycles. The van der Waals surface area contributed by atoms with Gasteiger partial charge in [0.15, 0.2) is 5.78 Å². The van der Waals surface area contributed by atoms with Crippen LogP contribution in [0.3, 0.4) is 0 Å². The maximum atomic E-state index is 14.0. The first kappa shape index (κ1) is 22.3. The van der Waals surface area contributed by atoms with Gasteiger partial charge in [-0.25, -0.2) is 4.79 Å². The number of ether oxygens (including phenoxy) is 2. The van der Waals surface area contributed by atoms with Crippen LogP contribution in [0.25, 0.3) is 0 Å². The van der Waals surface area contributed by atoms with E-state index in [-0.39, 0.29) is 11.9 Å². The van der Waals surface area contributed by atoms with Crippen LogP contribution < -0.4 is 4.74 Å². The highest BCUT2D eigenvalue weighted by atomic mass is 16.6. The van der Waals surface area contributed by atoms with Gasteiger partial charge in [-0.2, -0.15) is 0 Å². The van der Waals surface area contributed by atoms with Gasteiger partial charge in [0.25, 0.3) is 0 Å². The molecule has 4 rings (SSSR count). The quantitative estimate of drug-likeness (QED) is 0.717. The highest BCUT2D eigenvalue weighted by Gasteiger charge is 2.51. The Morgan fingerprint density at radius 2 is 1.84 bits per heavy atom. The molecule has 1 aliphatic carbocycles. The van der Waals surface area contributed by atoms with E-state index < -0.39 is 11.1 Å². The number of rotatable bonds is 3. The molecule has 1 heterocycles. The number of nitrogens with zero attached hydrogens (tertiary/aromatic N) is 2. The number of ketones is 1. The van der Waals surface area contributed by atoms with Gasteiger partial charge in [0, 0.05) is 31.7 Å². The zero-order chi connectivity index (χ0) is 22.9. The van der Waals surface area contributed by atoms with Crippen molar-refractivity contribution in [2.75, 3.05) is 26.7 Å². The monoisotopic (exact) mass is 436 g/mol. The molecule has 2 aliphatic rings. The van der Waals surface area contributed by atoms with Crippen molar-refractivity contribution in [2.24, 2.45) is 0 Å². The van der Waals surface area contributed by atoms with Gasteiger partial charge < -0.3 is 14.4 Å². The maximum absolute atomic E-state index is 14.0. The summed E-state index contributed by atoms with van der Waals surface area (Å²) in [5.41, 5.74) is 1.54. The Morgan fingerprint density at radius 3 is 2.53 bits per heavy atom. The fourth-order valence-electron chi connectivity index (χ4n) is 4.75. The molecule has 0 radical (unpaired) electrons. The summed E-state index contributed by atoms with van der Waals surface area (Å²) in [4.78, 5) is 30.9. The topological polar surface area (TPSA) is 59.1 Å². The molecule has 1 fully saturated rings. The fourth-order valence-corrected chi connectivity index (χ4v) is 4.75. The van der Waals surface area contributed by atoms with Gasteiger partial charge >= 0.3 is 6.09 Å². The lowest BCUT2D eigenvalue weighted by Gasteiger charge is -2.51. The third-order valence-corrected chi connectivity index (χ3v) is 6.35. The molecule has 2 aromatic carbocycles. The van der Waals surface area contributed by atoms with Crippen LogP contribution in [0, 0.1) is 0 Å². The Hall–Kier alpha value is -2.86. The second kappa shape index (κ2) is 8.58. The van der Waals surface area contributed by atoms with Gasteiger partial charge in [-0.3, -0.25) is 9.69 Å². The van der Waals surface area contributed by atoms with Crippen molar-refractivity contribution >= 4 is 11.9 Å². The number of methoxy groups -OCH3 is 1. The number of piperazine rings is 1. The van der Waals surface area contributed by atoms with Crippen molar-refractivity contribution in [1.29, 1.82) is 0 Å². The first-order valence-electron chi connectivity index (χ1n) is 11.2. The summed E-state index contributed by atoms with van der Waals surface area (Å²) in [6.07, 6.45) is 1.05. The highest BCUT2D eigenvalue weighted by molar-refractivity contribution is 6.06. The summed E-state index contributed by atoms with van der Waals surface area (Å²) in [6, 6.07) is 15.9. The van der Waals surface area contributed by atoms with Crippen LogP contribution in [0.5, 0.6) is 5.75 Å². The lowest BCUT2D eigenvalue weighted by atomic mass is 9.74. The summed E-state index contributed by atoms with van der Waals surface area (Å²) >= 11 is 0. The molecule has 1 saturated heterocycles. The van der Waals surface area contributed by atoms with Gasteiger partial charge in [0.2, 0.25) is 0 Å². The maximum Gasteiger partial charge on any atom is 0.410 e. The zero-order valence-electron chi connectivity index (χ0n) is 19.4. The number of carbonyl (C=O) groups is 2. The largest absolute Gasteiger partial charge is 0.497 e. The van der Waals surface area contributed by atoms with E-state index in [1.54, 1.807) is 12.0 Å². The van der Waals surface area contributed by atoms with Crippen LogP contribution in [0.15, 0.2) is 48.5 Å². The summed E-state index contributed by atoms with van der Waals surface area (Å²) < 4.78 is 11.0. The number of benzene rings is 2. The normalized spacial score (nSPS) is 21.4. The number of hydrogen-bond acceptors (Lipinski definition) is 5. The molecule has 1 atom stereocenters. The van der Waals surface area contributed by atoms with Gasteiger partial charge in [0.05, 0.1) is 7.11 Å². The minimum atomic E-state index is -0.771. The van der Waals surface area contributed by atoms with Gasteiger partial charge in [-0.05, 0) is 62.9 Å². The average molecular weight is 437 g/mol. The first-order chi connectivity index (χ1) is 15.2. The van der Waals surface area contributed by atoms with Crippen LogP contribution >= 0.6 is 0 Å². The van der Waals surface area contributed by atoms with Gasteiger partial charge in [0.1, 0.15) is 16.9 Å². The number of Topliss-reactive ketones (excluding diaryl/α,β-unsaturated/α-hetero) is 1. The molecule has 0 aromatic heterocycles. The number of hydrogen-bond donors (Lipinski definition) is 0. The van der Waals surface area contributed by atoms with Crippen molar-refractivity contribution in [3.05, 3.63) is 65.2 Å². The molecular weight excluding hydrogens is 404 g/mol. The lowest BCUT2D eigenvalue weighted by molar-refractivity contribution is -0.0248. The minimum Gasteiger partial charge on any atom is -0.497 e. The van der Waals surface area contributed by atoms with Crippen LogP contribution in [0.4, 0.5) is 4.79 Å². The number of fused-ring (bicyclic) bond motifs is 1. The average Bonchev–Trinajstić information content (AvgIpc) is 2.77. The SMILES string of the molecule is COc1ccc2c(c1)CCC1(CN(C(=O)OC(C)(C)C)CCN1Cc1ccccc1)C2=O. The van der Waals surface area contributed by atoms with Crippen LogP contribution in [-0.4, -0.2) is 59.6 Å². The molecule has 6 heteroatoms. The second-order valence-electron chi connectivity index (χ2n) is 9.69. The van der Waals surface area contributed by atoms with Crippen molar-refractivity contribution < 1.29 is 19.1 Å². The smallest absolute Gasteiger partial charge is 0.410 e. The molecule has 6 nitrogen and oxygen atoms in total. The number of aryl methyl sites for hydroxylation is 1. The molecule has 1 amide bonds. The minimum absolute atomic E-state index is 0.0746. The van der Waals surface area contributed by atoms with Crippen molar-refractivity contribution in [2.45, 2.75) is 51.3 Å². The third kappa shape index (κ3) is 4.37. The summed E-state index contributed by atoms with van der Waals surface area (Å²) in [5.74, 6) is 0.832. The predicted molar refractivity (Wildman–Crippen MR) is 123 cm³/mol. The predicted octanol–water partition coefficient (Wildman–Crippen LogP) is 4.32. The van der Waals surface area contributed by atoms with E-state index in [0.717, 1.165) is 28.9 Å². The van der Waals surface area contributed by atoms with E-state index >= 15 is 0 Å². The Morgan fingerprint density at radius 1 is 1.09 bits per heavy atom. The summed E-state index contributed by atoms with van der Waals surface area (Å²) in [6.45, 7) is 7.74. The Labute approximate surface area is 190 Å². The third-order valence-electron chi connectivity index (χ3n) is 6.35.